The smallest absolute Gasteiger partial charge is 0.356 e. The van der Waals surface area contributed by atoms with Gasteiger partial charge >= 0.3 is 5.97 Å². The lowest BCUT2D eigenvalue weighted by Gasteiger charge is -2.27. The number of ether oxygens (including phenoxy) is 2. The molecule has 0 aliphatic carbocycles. The zero-order valence-corrected chi connectivity index (χ0v) is 12.7. The molecular weight excluding hydrogens is 270 g/mol. The van der Waals surface area contributed by atoms with Crippen molar-refractivity contribution in [3.8, 4) is 0 Å². The van der Waals surface area contributed by atoms with E-state index in [0.29, 0.717) is 18.3 Å². The summed E-state index contributed by atoms with van der Waals surface area (Å²) in [5, 5.41) is 3.49. The quantitative estimate of drug-likeness (QED) is 0.759. The Balaban J connectivity index is 2.12. The number of pyridine rings is 1. The zero-order chi connectivity index (χ0) is 15.1. The predicted octanol–water partition coefficient (Wildman–Crippen LogP) is 1.07. The van der Waals surface area contributed by atoms with Crippen LogP contribution in [-0.4, -0.2) is 57.5 Å². The fraction of sp³-hybridized carbons (Fsp3) is 0.600. The fourth-order valence-electron chi connectivity index (χ4n) is 2.54. The molecule has 0 saturated carbocycles. The maximum atomic E-state index is 11.6. The number of rotatable bonds is 7. The minimum atomic E-state index is -0.414. The lowest BCUT2D eigenvalue weighted by Crippen LogP contribution is -2.39. The van der Waals surface area contributed by atoms with Gasteiger partial charge in [-0.15, -0.1) is 0 Å². The summed E-state index contributed by atoms with van der Waals surface area (Å²) in [6.07, 6.45) is 4.04. The largest absolute Gasteiger partial charge is 0.464 e. The number of nitrogens with one attached hydrogen (secondary N) is 1. The third-order valence-electron chi connectivity index (χ3n) is 3.67. The molecule has 2 heterocycles. The molecule has 6 nitrogen and oxygen atoms in total. The lowest BCUT2D eigenvalue weighted by molar-refractivity contribution is 0.0594. The number of carbonyl (C=O) groups excluding carboxylic acids is 1. The van der Waals surface area contributed by atoms with Crippen molar-refractivity contribution >= 4 is 11.7 Å². The lowest BCUT2D eigenvalue weighted by atomic mass is 10.2. The van der Waals surface area contributed by atoms with Gasteiger partial charge in [-0.2, -0.15) is 0 Å². The summed E-state index contributed by atoms with van der Waals surface area (Å²) in [4.78, 5) is 17.9. The van der Waals surface area contributed by atoms with Crippen molar-refractivity contribution in [1.82, 2.24) is 10.3 Å². The van der Waals surface area contributed by atoms with Crippen LogP contribution in [0.1, 0.15) is 23.3 Å². The highest BCUT2D eigenvalue weighted by atomic mass is 16.5. The van der Waals surface area contributed by atoms with Crippen LogP contribution in [0.25, 0.3) is 0 Å². The van der Waals surface area contributed by atoms with Crippen LogP contribution >= 0.6 is 0 Å². The molecular formula is C15H23N3O3. The normalized spacial score (nSPS) is 17.7. The predicted molar refractivity (Wildman–Crippen MR) is 80.7 cm³/mol. The first-order valence-corrected chi connectivity index (χ1v) is 7.26. The van der Waals surface area contributed by atoms with E-state index >= 15 is 0 Å². The average molecular weight is 293 g/mol. The van der Waals surface area contributed by atoms with Gasteiger partial charge in [0.25, 0.3) is 0 Å². The topological polar surface area (TPSA) is 63.7 Å². The van der Waals surface area contributed by atoms with Crippen LogP contribution in [-0.2, 0) is 9.47 Å². The molecule has 0 spiro atoms. The monoisotopic (exact) mass is 293 g/mol. The van der Waals surface area contributed by atoms with Crippen molar-refractivity contribution in [3.63, 3.8) is 0 Å². The first-order chi connectivity index (χ1) is 10.2. The molecule has 1 N–H and O–H groups in total. The summed E-state index contributed by atoms with van der Waals surface area (Å²) < 4.78 is 9.92. The van der Waals surface area contributed by atoms with E-state index in [4.69, 9.17) is 9.47 Å². The van der Waals surface area contributed by atoms with Gasteiger partial charge in [-0.3, -0.25) is 0 Å². The standard InChI is InChI=1S/C15H23N3O3/c1-20-9-8-18(11-12-4-3-6-16-12)13-5-7-17-14(10-13)15(19)21-2/h5,7,10,12,16H,3-4,6,8-9,11H2,1-2H3. The van der Waals surface area contributed by atoms with Crippen molar-refractivity contribution in [2.75, 3.05) is 45.4 Å². The van der Waals surface area contributed by atoms with Gasteiger partial charge in [0.05, 0.1) is 13.7 Å². The van der Waals surface area contributed by atoms with E-state index in [-0.39, 0.29) is 0 Å². The highest BCUT2D eigenvalue weighted by Crippen LogP contribution is 2.17. The molecule has 0 bridgehead atoms. The molecule has 6 heteroatoms. The van der Waals surface area contributed by atoms with Gasteiger partial charge in [0.1, 0.15) is 5.69 Å². The van der Waals surface area contributed by atoms with E-state index in [1.165, 1.54) is 20.0 Å². The minimum Gasteiger partial charge on any atom is -0.464 e. The zero-order valence-electron chi connectivity index (χ0n) is 12.7. The summed E-state index contributed by atoms with van der Waals surface area (Å²) in [6.45, 7) is 3.39. The molecule has 1 atom stereocenters. The molecule has 0 radical (unpaired) electrons. The Hall–Kier alpha value is -1.66. The van der Waals surface area contributed by atoms with Crippen LogP contribution in [0.3, 0.4) is 0 Å². The van der Waals surface area contributed by atoms with Crippen LogP contribution in [0.15, 0.2) is 18.3 Å². The molecule has 116 valence electrons. The van der Waals surface area contributed by atoms with Gasteiger partial charge < -0.3 is 19.7 Å². The van der Waals surface area contributed by atoms with E-state index in [1.54, 1.807) is 19.4 Å². The number of hydrogen-bond acceptors (Lipinski definition) is 6. The maximum Gasteiger partial charge on any atom is 0.356 e. The third kappa shape index (κ3) is 4.41. The Kier molecular flexibility index (Phi) is 5.95. The Labute approximate surface area is 125 Å². The van der Waals surface area contributed by atoms with Gasteiger partial charge in [0.2, 0.25) is 0 Å². The van der Waals surface area contributed by atoms with Crippen LogP contribution in [0.2, 0.25) is 0 Å². The van der Waals surface area contributed by atoms with E-state index in [9.17, 15) is 4.79 Å². The van der Waals surface area contributed by atoms with Gasteiger partial charge in [-0.05, 0) is 31.5 Å². The summed E-state index contributed by atoms with van der Waals surface area (Å²) in [6, 6.07) is 4.17. The van der Waals surface area contributed by atoms with Crippen molar-refractivity contribution < 1.29 is 14.3 Å². The van der Waals surface area contributed by atoms with Crippen molar-refractivity contribution in [1.29, 1.82) is 0 Å². The second-order valence-corrected chi connectivity index (χ2v) is 5.12. The van der Waals surface area contributed by atoms with E-state index in [2.05, 4.69) is 15.2 Å². The van der Waals surface area contributed by atoms with Crippen LogP contribution in [0.4, 0.5) is 5.69 Å². The number of esters is 1. The fourth-order valence-corrected chi connectivity index (χ4v) is 2.54. The van der Waals surface area contributed by atoms with Gasteiger partial charge in [0, 0.05) is 38.1 Å². The molecule has 1 aliphatic heterocycles. The molecule has 1 fully saturated rings. The van der Waals surface area contributed by atoms with E-state index < -0.39 is 5.97 Å². The van der Waals surface area contributed by atoms with Crippen molar-refractivity contribution in [3.05, 3.63) is 24.0 Å². The number of hydrogen-bond donors (Lipinski definition) is 1. The molecule has 1 unspecified atom stereocenters. The number of nitrogens with zero attached hydrogens (tertiary/aromatic N) is 2. The van der Waals surface area contributed by atoms with Crippen LogP contribution in [0, 0.1) is 0 Å². The molecule has 1 saturated heterocycles. The summed E-state index contributed by atoms with van der Waals surface area (Å²) >= 11 is 0. The number of aromatic nitrogens is 1. The highest BCUT2D eigenvalue weighted by Gasteiger charge is 2.19. The maximum absolute atomic E-state index is 11.6. The average Bonchev–Trinajstić information content (AvgIpc) is 3.03. The number of methoxy groups -OCH3 is 2. The van der Waals surface area contributed by atoms with E-state index in [1.807, 2.05) is 6.07 Å². The Morgan fingerprint density at radius 1 is 1.52 bits per heavy atom. The van der Waals surface area contributed by atoms with Gasteiger partial charge in [0.15, 0.2) is 0 Å². The molecule has 0 amide bonds. The highest BCUT2D eigenvalue weighted by molar-refractivity contribution is 5.88. The minimum absolute atomic E-state index is 0.330. The van der Waals surface area contributed by atoms with Crippen LogP contribution < -0.4 is 10.2 Å². The first-order valence-electron chi connectivity index (χ1n) is 7.26. The summed E-state index contributed by atoms with van der Waals surface area (Å²) in [5.41, 5.74) is 1.30. The SMILES string of the molecule is COCCN(CC1CCCN1)c1ccnc(C(=O)OC)c1. The Morgan fingerprint density at radius 2 is 2.38 bits per heavy atom. The second kappa shape index (κ2) is 7.95. The first kappa shape index (κ1) is 15.7. The Morgan fingerprint density at radius 3 is 3.05 bits per heavy atom. The second-order valence-electron chi connectivity index (χ2n) is 5.12. The van der Waals surface area contributed by atoms with Crippen molar-refractivity contribution in [2.24, 2.45) is 0 Å². The van der Waals surface area contributed by atoms with E-state index in [0.717, 1.165) is 25.3 Å². The third-order valence-corrected chi connectivity index (χ3v) is 3.67. The van der Waals surface area contributed by atoms with Gasteiger partial charge in [-0.25, -0.2) is 9.78 Å². The number of anilines is 1. The number of carbonyl (C=O) groups is 1. The molecule has 1 aliphatic rings. The summed E-state index contributed by atoms with van der Waals surface area (Å²) in [7, 11) is 3.06. The molecule has 1 aromatic heterocycles. The van der Waals surface area contributed by atoms with Crippen LogP contribution in [0.5, 0.6) is 0 Å². The Bertz CT molecular complexity index is 461. The summed E-state index contributed by atoms with van der Waals surface area (Å²) in [5.74, 6) is -0.414. The molecule has 2 rings (SSSR count). The molecule has 1 aromatic rings. The van der Waals surface area contributed by atoms with Crippen molar-refractivity contribution in [2.45, 2.75) is 18.9 Å². The molecule has 21 heavy (non-hydrogen) atoms. The van der Waals surface area contributed by atoms with Gasteiger partial charge in [-0.1, -0.05) is 0 Å². The molecule has 0 aromatic carbocycles.